The van der Waals surface area contributed by atoms with Crippen molar-refractivity contribution in [1.82, 2.24) is 0 Å². The lowest BCUT2D eigenvalue weighted by Gasteiger charge is -2.17. The van der Waals surface area contributed by atoms with Crippen LogP contribution in [0.2, 0.25) is 0 Å². The van der Waals surface area contributed by atoms with Gasteiger partial charge in [0.2, 0.25) is 5.91 Å². The van der Waals surface area contributed by atoms with Crippen LogP contribution in [0.1, 0.15) is 36.8 Å². The average Bonchev–Trinajstić information content (AvgIpc) is 3.01. The maximum Gasteiger partial charge on any atom is 0.418 e. The van der Waals surface area contributed by atoms with E-state index in [2.05, 4.69) is 5.32 Å². The Balaban J connectivity index is 2.58. The highest BCUT2D eigenvalue weighted by molar-refractivity contribution is 5.91. The largest absolute Gasteiger partial charge is 0.418 e. The summed E-state index contributed by atoms with van der Waals surface area (Å²) in [6, 6.07) is 1.48. The molecule has 0 spiro atoms. The highest BCUT2D eigenvalue weighted by Gasteiger charge is 2.38. The van der Waals surface area contributed by atoms with Gasteiger partial charge in [-0.2, -0.15) is 13.2 Å². The Morgan fingerprint density at radius 2 is 1.94 bits per heavy atom. The molecular formula is C12H11F4NO. The second-order valence-corrected chi connectivity index (χ2v) is 4.37. The lowest BCUT2D eigenvalue weighted by Crippen LogP contribution is -2.16. The predicted molar refractivity (Wildman–Crippen MR) is 57.7 cm³/mol. The van der Waals surface area contributed by atoms with E-state index in [1.165, 1.54) is 0 Å². The van der Waals surface area contributed by atoms with Crippen LogP contribution in [0.25, 0.3) is 0 Å². The van der Waals surface area contributed by atoms with Crippen LogP contribution in [-0.4, -0.2) is 5.91 Å². The van der Waals surface area contributed by atoms with Crippen molar-refractivity contribution in [3.05, 3.63) is 29.1 Å². The van der Waals surface area contributed by atoms with Gasteiger partial charge in [0.05, 0.1) is 11.3 Å². The Morgan fingerprint density at radius 1 is 1.33 bits per heavy atom. The lowest BCUT2D eigenvalue weighted by atomic mass is 10.0. The Labute approximate surface area is 101 Å². The van der Waals surface area contributed by atoms with Gasteiger partial charge in [0.1, 0.15) is 5.82 Å². The van der Waals surface area contributed by atoms with Crippen LogP contribution >= 0.6 is 0 Å². The van der Waals surface area contributed by atoms with Gasteiger partial charge < -0.3 is 5.32 Å². The molecule has 0 saturated heterocycles. The molecule has 18 heavy (non-hydrogen) atoms. The predicted octanol–water partition coefficient (Wildman–Crippen LogP) is 3.68. The van der Waals surface area contributed by atoms with E-state index in [1.807, 2.05) is 0 Å². The van der Waals surface area contributed by atoms with E-state index in [9.17, 15) is 22.4 Å². The van der Waals surface area contributed by atoms with Crippen molar-refractivity contribution >= 4 is 11.6 Å². The fraction of sp³-hybridized carbons (Fsp3) is 0.417. The number of carbonyl (C=O) groups is 1. The summed E-state index contributed by atoms with van der Waals surface area (Å²) in [7, 11) is 0. The summed E-state index contributed by atoms with van der Waals surface area (Å²) in [4.78, 5) is 11.0. The van der Waals surface area contributed by atoms with Crippen molar-refractivity contribution in [3.63, 3.8) is 0 Å². The summed E-state index contributed by atoms with van der Waals surface area (Å²) in [5.41, 5.74) is -1.20. The Hall–Kier alpha value is -1.59. The normalized spacial score (nSPS) is 15.6. The van der Waals surface area contributed by atoms with Gasteiger partial charge in [-0.05, 0) is 36.5 Å². The number of amides is 1. The Morgan fingerprint density at radius 3 is 2.39 bits per heavy atom. The quantitative estimate of drug-likeness (QED) is 0.808. The first-order valence-electron chi connectivity index (χ1n) is 5.47. The number of rotatable bonds is 2. The summed E-state index contributed by atoms with van der Waals surface area (Å²) in [6.07, 6.45) is -3.26. The third-order valence-corrected chi connectivity index (χ3v) is 2.76. The summed E-state index contributed by atoms with van der Waals surface area (Å²) >= 11 is 0. The zero-order valence-corrected chi connectivity index (χ0v) is 9.57. The highest BCUT2D eigenvalue weighted by Crippen LogP contribution is 2.47. The van der Waals surface area contributed by atoms with Crippen LogP contribution in [-0.2, 0) is 11.0 Å². The van der Waals surface area contributed by atoms with Gasteiger partial charge in [0.15, 0.2) is 0 Å². The van der Waals surface area contributed by atoms with Crippen molar-refractivity contribution in [2.45, 2.75) is 31.9 Å². The van der Waals surface area contributed by atoms with Gasteiger partial charge in [0.25, 0.3) is 0 Å². The molecule has 0 radical (unpaired) electrons. The molecule has 1 aliphatic rings. The van der Waals surface area contributed by atoms with Crippen LogP contribution in [0.15, 0.2) is 12.1 Å². The minimum Gasteiger partial charge on any atom is -0.325 e. The lowest BCUT2D eigenvalue weighted by molar-refractivity contribution is -0.137. The number of anilines is 1. The van der Waals surface area contributed by atoms with Crippen LogP contribution in [0.5, 0.6) is 0 Å². The molecule has 0 atom stereocenters. The summed E-state index contributed by atoms with van der Waals surface area (Å²) in [5.74, 6) is -1.63. The summed E-state index contributed by atoms with van der Waals surface area (Å²) in [5, 5.41) is 2.17. The first kappa shape index (κ1) is 12.9. The number of halogens is 4. The molecule has 0 unspecified atom stereocenters. The highest BCUT2D eigenvalue weighted by atomic mass is 19.4. The molecule has 0 aliphatic heterocycles. The second-order valence-electron chi connectivity index (χ2n) is 4.37. The van der Waals surface area contributed by atoms with Crippen LogP contribution in [0, 0.1) is 5.82 Å². The smallest absolute Gasteiger partial charge is 0.325 e. The van der Waals surface area contributed by atoms with Crippen LogP contribution < -0.4 is 5.32 Å². The Kier molecular flexibility index (Phi) is 3.04. The fourth-order valence-electron chi connectivity index (χ4n) is 1.88. The molecule has 0 aromatic heterocycles. The Bertz CT molecular complexity index is 492. The number of carbonyl (C=O) groups excluding carboxylic acids is 1. The van der Waals surface area contributed by atoms with Crippen molar-refractivity contribution in [2.75, 3.05) is 5.32 Å². The van der Waals surface area contributed by atoms with E-state index in [0.29, 0.717) is 18.9 Å². The van der Waals surface area contributed by atoms with Crippen molar-refractivity contribution < 1.29 is 22.4 Å². The summed E-state index contributed by atoms with van der Waals surface area (Å²) in [6.45, 7) is 1.13. The molecule has 98 valence electrons. The van der Waals surface area contributed by atoms with E-state index in [0.717, 1.165) is 13.0 Å². The maximum atomic E-state index is 13.3. The van der Waals surface area contributed by atoms with E-state index < -0.39 is 23.5 Å². The monoisotopic (exact) mass is 261 g/mol. The van der Waals surface area contributed by atoms with Gasteiger partial charge >= 0.3 is 6.18 Å². The average molecular weight is 261 g/mol. The zero-order chi connectivity index (χ0) is 13.5. The third kappa shape index (κ3) is 2.63. The van der Waals surface area contributed by atoms with Gasteiger partial charge in [-0.25, -0.2) is 4.39 Å². The molecule has 0 heterocycles. The van der Waals surface area contributed by atoms with Crippen molar-refractivity contribution in [2.24, 2.45) is 0 Å². The number of nitrogens with one attached hydrogen (secondary N) is 1. The number of hydrogen-bond acceptors (Lipinski definition) is 1. The molecular weight excluding hydrogens is 250 g/mol. The molecule has 2 nitrogen and oxygen atoms in total. The molecule has 1 aliphatic carbocycles. The fourth-order valence-corrected chi connectivity index (χ4v) is 1.88. The third-order valence-electron chi connectivity index (χ3n) is 2.76. The number of hydrogen-bond donors (Lipinski definition) is 1. The minimum atomic E-state index is -4.69. The van der Waals surface area contributed by atoms with E-state index in [4.69, 9.17) is 0 Å². The van der Waals surface area contributed by atoms with Gasteiger partial charge in [-0.1, -0.05) is 0 Å². The molecule has 1 aromatic rings. The molecule has 1 N–H and O–H groups in total. The van der Waals surface area contributed by atoms with Crippen molar-refractivity contribution in [1.29, 1.82) is 0 Å². The number of alkyl halides is 3. The first-order chi connectivity index (χ1) is 8.29. The van der Waals surface area contributed by atoms with Gasteiger partial charge in [-0.3, -0.25) is 4.79 Å². The minimum absolute atomic E-state index is 0.0938. The molecule has 0 bridgehead atoms. The van der Waals surface area contributed by atoms with E-state index in [1.54, 1.807) is 0 Å². The van der Waals surface area contributed by atoms with E-state index >= 15 is 0 Å². The second kappa shape index (κ2) is 4.26. The molecule has 1 amide bonds. The van der Waals surface area contributed by atoms with Crippen LogP contribution in [0.4, 0.5) is 23.2 Å². The molecule has 6 heteroatoms. The molecule has 1 aromatic carbocycles. The summed E-state index contributed by atoms with van der Waals surface area (Å²) < 4.78 is 51.7. The zero-order valence-electron chi connectivity index (χ0n) is 9.57. The molecule has 2 rings (SSSR count). The maximum absolute atomic E-state index is 13.3. The standard InChI is InChI=1S/C12H11F4NO/c1-6(18)17-11-9(7-2-3-7)4-8(13)5-10(11)12(14,15)16/h4-5,7H,2-3H2,1H3,(H,17,18). The van der Waals surface area contributed by atoms with Crippen molar-refractivity contribution in [3.8, 4) is 0 Å². The topological polar surface area (TPSA) is 29.1 Å². The van der Waals surface area contributed by atoms with Gasteiger partial charge in [0, 0.05) is 6.92 Å². The SMILES string of the molecule is CC(=O)Nc1c(C2CC2)cc(F)cc1C(F)(F)F. The number of benzene rings is 1. The molecule has 1 saturated carbocycles. The van der Waals surface area contributed by atoms with Crippen LogP contribution in [0.3, 0.4) is 0 Å². The van der Waals surface area contributed by atoms with E-state index in [-0.39, 0.29) is 17.2 Å². The first-order valence-corrected chi connectivity index (χ1v) is 5.47. The molecule has 1 fully saturated rings. The van der Waals surface area contributed by atoms with Gasteiger partial charge in [-0.15, -0.1) is 0 Å².